The molecule has 0 aliphatic heterocycles. The number of amides is 1. The van der Waals surface area contributed by atoms with Gasteiger partial charge >= 0.3 is 0 Å². The minimum atomic E-state index is -0.960. The molecule has 2 heterocycles. The molecule has 0 saturated carbocycles. The number of pyridine rings is 1. The first kappa shape index (κ1) is 26.6. The van der Waals surface area contributed by atoms with E-state index in [1.807, 2.05) is 45.1 Å². The second-order valence-electron chi connectivity index (χ2n) is 8.62. The van der Waals surface area contributed by atoms with Crippen molar-refractivity contribution < 1.29 is 14.6 Å². The van der Waals surface area contributed by atoms with Crippen molar-refractivity contribution in [3.05, 3.63) is 72.3 Å². The maximum absolute atomic E-state index is 12.2. The zero-order valence-electron chi connectivity index (χ0n) is 21.3. The average Bonchev–Trinajstić information content (AvgIpc) is 2.87. The van der Waals surface area contributed by atoms with Gasteiger partial charge in [-0.3, -0.25) is 9.78 Å². The summed E-state index contributed by atoms with van der Waals surface area (Å²) in [5.41, 5.74) is 3.90. The number of aromatic nitrogens is 3. The molecule has 0 bridgehead atoms. The number of aryl methyl sites for hydroxylation is 1. The lowest BCUT2D eigenvalue weighted by atomic mass is 10.1. The maximum Gasteiger partial charge on any atom is 0.247 e. The van der Waals surface area contributed by atoms with E-state index in [1.54, 1.807) is 37.8 Å². The van der Waals surface area contributed by atoms with E-state index in [0.29, 0.717) is 28.4 Å². The molecule has 10 nitrogen and oxygen atoms in total. The van der Waals surface area contributed by atoms with E-state index in [0.717, 1.165) is 24.3 Å². The molecule has 3 N–H and O–H groups in total. The summed E-state index contributed by atoms with van der Waals surface area (Å²) >= 11 is 0. The summed E-state index contributed by atoms with van der Waals surface area (Å²) < 4.78 is 5.63. The molecule has 10 heteroatoms. The highest BCUT2D eigenvalue weighted by atomic mass is 16.5. The van der Waals surface area contributed by atoms with E-state index < -0.39 is 6.10 Å². The summed E-state index contributed by atoms with van der Waals surface area (Å²) in [6, 6.07) is 7.11. The van der Waals surface area contributed by atoms with Crippen molar-refractivity contribution in [1.29, 1.82) is 0 Å². The van der Waals surface area contributed by atoms with Crippen molar-refractivity contribution in [2.45, 2.75) is 13.0 Å². The van der Waals surface area contributed by atoms with Gasteiger partial charge in [-0.15, -0.1) is 0 Å². The number of benzene rings is 1. The van der Waals surface area contributed by atoms with Crippen molar-refractivity contribution in [2.75, 3.05) is 56.9 Å². The molecule has 0 radical (unpaired) electrons. The lowest BCUT2D eigenvalue weighted by Crippen LogP contribution is -2.29. The monoisotopic (exact) mass is 491 g/mol. The van der Waals surface area contributed by atoms with Crippen LogP contribution >= 0.6 is 0 Å². The highest BCUT2D eigenvalue weighted by Crippen LogP contribution is 2.38. The molecule has 1 unspecified atom stereocenters. The molecule has 36 heavy (non-hydrogen) atoms. The molecule has 0 aliphatic carbocycles. The first-order valence-corrected chi connectivity index (χ1v) is 11.4. The third-order valence-corrected chi connectivity index (χ3v) is 5.47. The van der Waals surface area contributed by atoms with E-state index in [4.69, 9.17) is 4.74 Å². The van der Waals surface area contributed by atoms with Crippen LogP contribution in [0.15, 0.2) is 55.5 Å². The van der Waals surface area contributed by atoms with E-state index >= 15 is 0 Å². The number of aliphatic hydroxyl groups is 1. The number of likely N-dealkylation sites (N-methyl/N-ethyl adjacent to an activating group) is 2. The number of aliphatic hydroxyl groups excluding tert-OH is 1. The second-order valence-corrected chi connectivity index (χ2v) is 8.62. The lowest BCUT2D eigenvalue weighted by Gasteiger charge is -2.26. The summed E-state index contributed by atoms with van der Waals surface area (Å²) in [7, 11) is 7.52. The first-order valence-electron chi connectivity index (χ1n) is 11.4. The van der Waals surface area contributed by atoms with Gasteiger partial charge in [0, 0.05) is 50.4 Å². The van der Waals surface area contributed by atoms with Gasteiger partial charge in [0.05, 0.1) is 29.9 Å². The van der Waals surface area contributed by atoms with Crippen LogP contribution < -0.4 is 20.3 Å². The van der Waals surface area contributed by atoms with Crippen LogP contribution in [0.2, 0.25) is 0 Å². The maximum atomic E-state index is 12.2. The predicted molar refractivity (Wildman–Crippen MR) is 142 cm³/mol. The van der Waals surface area contributed by atoms with Gasteiger partial charge < -0.3 is 30.3 Å². The van der Waals surface area contributed by atoms with Crippen molar-refractivity contribution >= 4 is 28.9 Å². The molecule has 1 atom stereocenters. The summed E-state index contributed by atoms with van der Waals surface area (Å²) in [6.07, 6.45) is 5.15. The Morgan fingerprint density at radius 1 is 1.19 bits per heavy atom. The Balaban J connectivity index is 1.95. The fraction of sp³-hybridized carbons (Fsp3) is 0.308. The number of nitrogens with zero attached hydrogens (tertiary/aromatic N) is 5. The van der Waals surface area contributed by atoms with Crippen LogP contribution in [0.5, 0.6) is 5.75 Å². The summed E-state index contributed by atoms with van der Waals surface area (Å²) in [4.78, 5) is 29.2. The Hall–Kier alpha value is -4.02. The summed E-state index contributed by atoms with van der Waals surface area (Å²) in [5.74, 6) is 0.470. The first-order chi connectivity index (χ1) is 17.2. The predicted octanol–water partition coefficient (Wildman–Crippen LogP) is 3.14. The van der Waals surface area contributed by atoms with Crippen LogP contribution in [-0.4, -0.2) is 72.2 Å². The number of carbonyl (C=O) groups excluding carboxylic acids is 1. The Kier molecular flexibility index (Phi) is 8.93. The Labute approximate surface area is 211 Å². The number of ether oxygens (including phenoxy) is 1. The van der Waals surface area contributed by atoms with E-state index in [9.17, 15) is 9.90 Å². The molecular formula is C26H33N7O3. The number of hydrogen-bond acceptors (Lipinski definition) is 9. The van der Waals surface area contributed by atoms with Crippen LogP contribution in [0.3, 0.4) is 0 Å². The molecule has 3 aromatic rings. The molecule has 190 valence electrons. The average molecular weight is 492 g/mol. The number of anilines is 4. The molecule has 2 aromatic heterocycles. The van der Waals surface area contributed by atoms with Crippen LogP contribution in [-0.2, 0) is 4.79 Å². The molecule has 0 aliphatic rings. The van der Waals surface area contributed by atoms with Gasteiger partial charge in [0.1, 0.15) is 11.9 Å². The highest BCUT2D eigenvalue weighted by Gasteiger charge is 2.18. The van der Waals surface area contributed by atoms with Crippen LogP contribution in [0.25, 0.3) is 0 Å². The van der Waals surface area contributed by atoms with Crippen LogP contribution in [0.1, 0.15) is 22.9 Å². The normalized spacial score (nSPS) is 11.6. The fourth-order valence-corrected chi connectivity index (χ4v) is 3.51. The molecule has 1 amide bonds. The summed E-state index contributed by atoms with van der Waals surface area (Å²) in [6.45, 7) is 7.02. The van der Waals surface area contributed by atoms with Crippen molar-refractivity contribution in [2.24, 2.45) is 0 Å². The Morgan fingerprint density at radius 2 is 1.97 bits per heavy atom. The van der Waals surface area contributed by atoms with Gasteiger partial charge in [0.2, 0.25) is 11.9 Å². The topological polar surface area (TPSA) is 116 Å². The SMILES string of the molecule is C=CC(=O)Nc1cc(Nc2nccc(C(O)c3cncc(C)c3)n2)c(OC)cc1N(C)CCN(C)C. The van der Waals surface area contributed by atoms with Crippen molar-refractivity contribution in [1.82, 2.24) is 19.9 Å². The Bertz CT molecular complexity index is 1220. The van der Waals surface area contributed by atoms with Gasteiger partial charge in [-0.25, -0.2) is 9.97 Å². The number of carbonyl (C=O) groups is 1. The zero-order valence-corrected chi connectivity index (χ0v) is 21.3. The fourth-order valence-electron chi connectivity index (χ4n) is 3.51. The van der Waals surface area contributed by atoms with Crippen LogP contribution in [0.4, 0.5) is 23.0 Å². The van der Waals surface area contributed by atoms with Crippen molar-refractivity contribution in [3.8, 4) is 5.75 Å². The summed E-state index contributed by atoms with van der Waals surface area (Å²) in [5, 5.41) is 16.8. The zero-order chi connectivity index (χ0) is 26.2. The van der Waals surface area contributed by atoms with E-state index in [2.05, 4.69) is 37.1 Å². The largest absolute Gasteiger partial charge is 0.494 e. The molecule has 1 aromatic carbocycles. The van der Waals surface area contributed by atoms with Gasteiger partial charge in [-0.2, -0.15) is 0 Å². The third kappa shape index (κ3) is 6.77. The molecule has 0 saturated heterocycles. The minimum Gasteiger partial charge on any atom is -0.494 e. The smallest absolute Gasteiger partial charge is 0.247 e. The molecular weight excluding hydrogens is 458 g/mol. The number of methoxy groups -OCH3 is 1. The molecule has 0 spiro atoms. The molecule has 3 rings (SSSR count). The van der Waals surface area contributed by atoms with E-state index in [1.165, 1.54) is 6.08 Å². The lowest BCUT2D eigenvalue weighted by molar-refractivity contribution is -0.111. The van der Waals surface area contributed by atoms with Crippen molar-refractivity contribution in [3.63, 3.8) is 0 Å². The van der Waals surface area contributed by atoms with E-state index in [-0.39, 0.29) is 11.9 Å². The Morgan fingerprint density at radius 3 is 2.64 bits per heavy atom. The third-order valence-electron chi connectivity index (χ3n) is 5.47. The van der Waals surface area contributed by atoms with Gasteiger partial charge in [0.15, 0.2) is 0 Å². The highest BCUT2D eigenvalue weighted by molar-refractivity contribution is 6.02. The second kappa shape index (κ2) is 12.1. The van der Waals surface area contributed by atoms with Gasteiger partial charge in [-0.1, -0.05) is 12.6 Å². The quantitative estimate of drug-likeness (QED) is 0.348. The van der Waals surface area contributed by atoms with Gasteiger partial charge in [-0.05, 0) is 44.8 Å². The standard InChI is InChI=1S/C26H33N7O3/c1-7-24(34)29-20-13-21(23(36-6)14-22(20)33(5)11-10-32(3)4)31-26-28-9-8-19(30-26)25(35)18-12-17(2)15-27-16-18/h7-9,12-16,25,35H,1,10-11H2,2-6H3,(H,29,34)(H,28,30,31). The van der Waals surface area contributed by atoms with Crippen LogP contribution in [0, 0.1) is 6.92 Å². The minimum absolute atomic E-state index is 0.264. The molecule has 0 fully saturated rings. The number of rotatable bonds is 11. The number of nitrogens with one attached hydrogen (secondary N) is 2. The van der Waals surface area contributed by atoms with Gasteiger partial charge in [0.25, 0.3) is 0 Å². The number of hydrogen-bond donors (Lipinski definition) is 3.